The number of pyridine rings is 1. The van der Waals surface area contributed by atoms with Crippen LogP contribution in [0.4, 0.5) is 0 Å². The number of hydrogen-bond acceptors (Lipinski definition) is 3. The maximum absolute atomic E-state index is 12.2. The van der Waals surface area contributed by atoms with Crippen LogP contribution < -0.4 is 5.73 Å². The van der Waals surface area contributed by atoms with E-state index in [1.54, 1.807) is 6.20 Å². The number of nitrogens with zero attached hydrogens (tertiary/aromatic N) is 2. The molecule has 0 radical (unpaired) electrons. The third-order valence-electron chi connectivity index (χ3n) is 3.10. The van der Waals surface area contributed by atoms with Gasteiger partial charge in [-0.1, -0.05) is 12.5 Å². The Morgan fingerprint density at radius 2 is 2.11 bits per heavy atom. The maximum Gasteiger partial charge on any atom is 0.223 e. The number of nitrogens with two attached hydrogens (primary N) is 1. The van der Waals surface area contributed by atoms with E-state index in [1.807, 2.05) is 36.9 Å². The summed E-state index contributed by atoms with van der Waals surface area (Å²) in [6.07, 6.45) is 5.30. The summed E-state index contributed by atoms with van der Waals surface area (Å²) in [5, 5.41) is 0. The molecule has 106 valence electrons. The third-order valence-corrected chi connectivity index (χ3v) is 3.10. The van der Waals surface area contributed by atoms with Gasteiger partial charge in [0.2, 0.25) is 5.91 Å². The Morgan fingerprint density at radius 1 is 1.32 bits per heavy atom. The van der Waals surface area contributed by atoms with Gasteiger partial charge in [0, 0.05) is 18.7 Å². The van der Waals surface area contributed by atoms with E-state index in [2.05, 4.69) is 4.98 Å². The van der Waals surface area contributed by atoms with Gasteiger partial charge in [0.1, 0.15) is 0 Å². The normalized spacial score (nSPS) is 10.7. The Hall–Kier alpha value is -1.42. The SMILES string of the molecule is CC(C)N(Cc1ccccn1)C(=O)CCCCCN. The molecule has 1 aromatic rings. The molecular formula is C15H25N3O. The number of carbonyl (C=O) groups excluding carboxylic acids is 1. The molecule has 0 aliphatic carbocycles. The van der Waals surface area contributed by atoms with Crippen LogP contribution in [0.2, 0.25) is 0 Å². The minimum atomic E-state index is 0.198. The van der Waals surface area contributed by atoms with Crippen molar-refractivity contribution in [3.05, 3.63) is 30.1 Å². The molecule has 1 heterocycles. The first-order valence-electron chi connectivity index (χ1n) is 7.04. The van der Waals surface area contributed by atoms with Crippen molar-refractivity contribution in [1.29, 1.82) is 0 Å². The van der Waals surface area contributed by atoms with E-state index in [0.717, 1.165) is 25.0 Å². The number of rotatable bonds is 8. The summed E-state index contributed by atoms with van der Waals surface area (Å²) in [6.45, 7) is 5.38. The first-order valence-corrected chi connectivity index (χ1v) is 7.04. The minimum Gasteiger partial charge on any atom is -0.334 e. The lowest BCUT2D eigenvalue weighted by atomic mass is 10.1. The molecule has 0 unspecified atom stereocenters. The van der Waals surface area contributed by atoms with Crippen LogP contribution in [0.15, 0.2) is 24.4 Å². The van der Waals surface area contributed by atoms with Crippen molar-refractivity contribution in [1.82, 2.24) is 9.88 Å². The molecule has 1 rings (SSSR count). The zero-order valence-corrected chi connectivity index (χ0v) is 12.0. The lowest BCUT2D eigenvalue weighted by Crippen LogP contribution is -2.36. The van der Waals surface area contributed by atoms with Crippen LogP contribution in [-0.2, 0) is 11.3 Å². The van der Waals surface area contributed by atoms with Gasteiger partial charge in [-0.15, -0.1) is 0 Å². The smallest absolute Gasteiger partial charge is 0.223 e. The summed E-state index contributed by atoms with van der Waals surface area (Å²) in [4.78, 5) is 18.4. The van der Waals surface area contributed by atoms with Crippen molar-refractivity contribution in [2.45, 2.75) is 52.1 Å². The fourth-order valence-electron chi connectivity index (χ4n) is 1.97. The molecule has 0 atom stereocenters. The van der Waals surface area contributed by atoms with Crippen LogP contribution in [0, 0.1) is 0 Å². The first-order chi connectivity index (χ1) is 9.15. The summed E-state index contributed by atoms with van der Waals surface area (Å²) in [5.41, 5.74) is 6.39. The largest absolute Gasteiger partial charge is 0.334 e. The molecule has 0 aliphatic heterocycles. The number of unbranched alkanes of at least 4 members (excludes halogenated alkanes) is 2. The molecule has 4 nitrogen and oxygen atoms in total. The van der Waals surface area contributed by atoms with E-state index in [-0.39, 0.29) is 11.9 Å². The lowest BCUT2D eigenvalue weighted by molar-refractivity contribution is -0.133. The number of carbonyl (C=O) groups is 1. The van der Waals surface area contributed by atoms with Crippen LogP contribution in [-0.4, -0.2) is 28.4 Å². The summed E-state index contributed by atoms with van der Waals surface area (Å²) >= 11 is 0. The highest BCUT2D eigenvalue weighted by Gasteiger charge is 2.17. The average Bonchev–Trinajstić information content (AvgIpc) is 2.41. The number of amides is 1. The van der Waals surface area contributed by atoms with Crippen molar-refractivity contribution < 1.29 is 4.79 Å². The molecule has 0 aromatic carbocycles. The highest BCUT2D eigenvalue weighted by molar-refractivity contribution is 5.76. The van der Waals surface area contributed by atoms with Crippen molar-refractivity contribution >= 4 is 5.91 Å². The summed E-state index contributed by atoms with van der Waals surface area (Å²) in [7, 11) is 0. The van der Waals surface area contributed by atoms with E-state index >= 15 is 0 Å². The number of aromatic nitrogens is 1. The Morgan fingerprint density at radius 3 is 2.68 bits per heavy atom. The first kappa shape index (κ1) is 15.6. The fourth-order valence-corrected chi connectivity index (χ4v) is 1.97. The minimum absolute atomic E-state index is 0.198. The van der Waals surface area contributed by atoms with Gasteiger partial charge in [0.05, 0.1) is 12.2 Å². The van der Waals surface area contributed by atoms with Gasteiger partial charge in [0.25, 0.3) is 0 Å². The molecule has 4 heteroatoms. The van der Waals surface area contributed by atoms with Gasteiger partial charge in [-0.2, -0.15) is 0 Å². The maximum atomic E-state index is 12.2. The summed E-state index contributed by atoms with van der Waals surface area (Å²) in [5.74, 6) is 0.206. The molecule has 0 aliphatic rings. The summed E-state index contributed by atoms with van der Waals surface area (Å²) in [6, 6.07) is 5.99. The molecule has 19 heavy (non-hydrogen) atoms. The van der Waals surface area contributed by atoms with Gasteiger partial charge < -0.3 is 10.6 Å². The molecule has 0 bridgehead atoms. The van der Waals surface area contributed by atoms with Crippen molar-refractivity contribution in [3.8, 4) is 0 Å². The van der Waals surface area contributed by atoms with Crippen molar-refractivity contribution in [3.63, 3.8) is 0 Å². The van der Waals surface area contributed by atoms with Gasteiger partial charge >= 0.3 is 0 Å². The second kappa shape index (κ2) is 8.64. The fraction of sp³-hybridized carbons (Fsp3) is 0.600. The zero-order valence-electron chi connectivity index (χ0n) is 12.0. The Balaban J connectivity index is 2.50. The second-order valence-corrected chi connectivity index (χ2v) is 5.04. The topological polar surface area (TPSA) is 59.2 Å². The molecule has 1 amide bonds. The number of hydrogen-bond donors (Lipinski definition) is 1. The molecule has 0 spiro atoms. The monoisotopic (exact) mass is 263 g/mol. The standard InChI is InChI=1S/C15H25N3O/c1-13(2)18(12-14-8-5-7-11-17-14)15(19)9-4-3-6-10-16/h5,7-8,11,13H,3-4,6,9-10,12,16H2,1-2H3. The van der Waals surface area contributed by atoms with Gasteiger partial charge in [0.15, 0.2) is 0 Å². The lowest BCUT2D eigenvalue weighted by Gasteiger charge is -2.26. The zero-order chi connectivity index (χ0) is 14.1. The molecule has 0 fully saturated rings. The van der Waals surface area contributed by atoms with Gasteiger partial charge in [-0.25, -0.2) is 0 Å². The van der Waals surface area contributed by atoms with Gasteiger partial charge in [-0.05, 0) is 45.4 Å². The summed E-state index contributed by atoms with van der Waals surface area (Å²) < 4.78 is 0. The van der Waals surface area contributed by atoms with Crippen molar-refractivity contribution in [2.75, 3.05) is 6.54 Å². The molecule has 1 aromatic heterocycles. The molecule has 0 saturated heterocycles. The molecular weight excluding hydrogens is 238 g/mol. The highest BCUT2D eigenvalue weighted by atomic mass is 16.2. The van der Waals surface area contributed by atoms with Crippen LogP contribution in [0.3, 0.4) is 0 Å². The Kier molecular flexibility index (Phi) is 7.11. The second-order valence-electron chi connectivity index (χ2n) is 5.04. The molecule has 2 N–H and O–H groups in total. The van der Waals surface area contributed by atoms with Crippen LogP contribution in [0.25, 0.3) is 0 Å². The van der Waals surface area contributed by atoms with E-state index in [0.29, 0.717) is 19.5 Å². The van der Waals surface area contributed by atoms with Gasteiger partial charge in [-0.3, -0.25) is 9.78 Å². The van der Waals surface area contributed by atoms with Crippen molar-refractivity contribution in [2.24, 2.45) is 5.73 Å². The molecule has 0 saturated carbocycles. The third kappa shape index (κ3) is 5.83. The van der Waals surface area contributed by atoms with Crippen LogP contribution >= 0.6 is 0 Å². The Labute approximate surface area is 116 Å². The highest BCUT2D eigenvalue weighted by Crippen LogP contribution is 2.10. The van der Waals surface area contributed by atoms with E-state index in [4.69, 9.17) is 5.73 Å². The predicted molar refractivity (Wildman–Crippen MR) is 77.4 cm³/mol. The quantitative estimate of drug-likeness (QED) is 0.732. The van der Waals surface area contributed by atoms with Crippen LogP contribution in [0.5, 0.6) is 0 Å². The predicted octanol–water partition coefficient (Wildman–Crippen LogP) is 2.34. The van der Waals surface area contributed by atoms with Crippen LogP contribution in [0.1, 0.15) is 45.2 Å². The average molecular weight is 263 g/mol. The Bertz CT molecular complexity index is 365. The van der Waals surface area contributed by atoms with E-state index < -0.39 is 0 Å². The van der Waals surface area contributed by atoms with E-state index in [1.165, 1.54) is 0 Å². The van der Waals surface area contributed by atoms with E-state index in [9.17, 15) is 4.79 Å².